The normalized spacial score (nSPS) is 43.2. The lowest BCUT2D eigenvalue weighted by Crippen LogP contribution is -2.58. The smallest absolute Gasteiger partial charge is 0.410 e. The van der Waals surface area contributed by atoms with Gasteiger partial charge in [0.05, 0.1) is 39.0 Å². The third-order valence-corrected chi connectivity index (χ3v) is 10.7. The second-order valence-corrected chi connectivity index (χ2v) is 13.5. The van der Waals surface area contributed by atoms with Crippen LogP contribution in [0.15, 0.2) is 11.6 Å². The molecule has 0 unspecified atom stereocenters. The van der Waals surface area contributed by atoms with E-state index in [0.717, 1.165) is 6.42 Å². The van der Waals surface area contributed by atoms with Crippen molar-refractivity contribution in [3.8, 4) is 0 Å². The molecule has 11 nitrogen and oxygen atoms in total. The van der Waals surface area contributed by atoms with Crippen LogP contribution in [0.25, 0.3) is 0 Å². The summed E-state index contributed by atoms with van der Waals surface area (Å²) in [5.41, 5.74) is -2.24. The molecule has 0 bridgehead atoms. The summed E-state index contributed by atoms with van der Waals surface area (Å²) in [6.45, 7) is 11.6. The van der Waals surface area contributed by atoms with Gasteiger partial charge in [0, 0.05) is 26.2 Å². The number of aliphatic hydroxyl groups is 1. The molecular formula is C30H44N2O9. The monoisotopic (exact) mass is 576 g/mol. The molecule has 2 saturated carbocycles. The van der Waals surface area contributed by atoms with Crippen molar-refractivity contribution < 1.29 is 43.2 Å². The minimum absolute atomic E-state index is 0.0258. The number of hydrogen-bond donors (Lipinski definition) is 1. The van der Waals surface area contributed by atoms with Gasteiger partial charge in [0.2, 0.25) is 0 Å². The Morgan fingerprint density at radius 3 is 2.12 bits per heavy atom. The summed E-state index contributed by atoms with van der Waals surface area (Å²) in [6.07, 6.45) is 0.656. The number of ketones is 1. The number of carbonyl (C=O) groups is 3. The van der Waals surface area contributed by atoms with Gasteiger partial charge in [0.25, 0.3) is 0 Å². The van der Waals surface area contributed by atoms with E-state index >= 15 is 0 Å². The van der Waals surface area contributed by atoms with E-state index in [0.29, 0.717) is 77.1 Å². The minimum Gasteiger partial charge on any atom is -0.445 e. The van der Waals surface area contributed by atoms with E-state index in [-0.39, 0.29) is 23.7 Å². The number of morpholine rings is 2. The van der Waals surface area contributed by atoms with E-state index in [1.54, 1.807) is 16.7 Å². The van der Waals surface area contributed by atoms with Crippen molar-refractivity contribution in [3.63, 3.8) is 0 Å². The summed E-state index contributed by atoms with van der Waals surface area (Å²) in [4.78, 5) is 44.3. The van der Waals surface area contributed by atoms with Crippen LogP contribution in [0.5, 0.6) is 0 Å². The van der Waals surface area contributed by atoms with E-state index < -0.39 is 47.3 Å². The molecule has 2 amide bonds. The zero-order valence-corrected chi connectivity index (χ0v) is 24.6. The molecule has 6 aliphatic rings. The molecule has 3 saturated heterocycles. The Bertz CT molecular complexity index is 1090. The fourth-order valence-corrected chi connectivity index (χ4v) is 7.90. The van der Waals surface area contributed by atoms with Crippen LogP contribution < -0.4 is 0 Å². The van der Waals surface area contributed by atoms with Gasteiger partial charge in [-0.3, -0.25) is 4.79 Å². The highest BCUT2D eigenvalue weighted by molar-refractivity contribution is 6.02. The van der Waals surface area contributed by atoms with Crippen molar-refractivity contribution in [3.05, 3.63) is 11.6 Å². The second-order valence-electron chi connectivity index (χ2n) is 13.5. The number of Topliss-reactive ketones (excluding diaryl/α,β-unsaturated/α-hetero) is 1. The standard InChI is InChI=1S/C30H44N2O9/c1-18-15-21-20(28(21,3)4)5-6-29(17-39-29)25(41-27(35)32-9-13-38-14-10-32)22-23(19(2)16-30(22,36)24(18)33)40-26(34)31-7-11-37-12-8-31/h15,19-23,25,36H,5-14,16-17H2,1-4H3/b18-15+/t19-,20-,21+,22+,23-,25+,29-,30+/m0/s1. The van der Waals surface area contributed by atoms with Crippen LogP contribution in [0.3, 0.4) is 0 Å². The molecule has 228 valence electrons. The number of nitrogens with zero attached hydrogens (tertiary/aromatic N) is 2. The summed E-state index contributed by atoms with van der Waals surface area (Å²) in [5.74, 6) is -1.19. The van der Waals surface area contributed by atoms with Gasteiger partial charge in [-0.2, -0.15) is 0 Å². The molecule has 0 aromatic rings. The van der Waals surface area contributed by atoms with Crippen LogP contribution in [0.1, 0.15) is 47.0 Å². The number of amides is 2. The highest BCUT2D eigenvalue weighted by Crippen LogP contribution is 2.63. The Balaban J connectivity index is 1.39. The molecule has 1 spiro atoms. The lowest BCUT2D eigenvalue weighted by Gasteiger charge is -2.40. The number of carbonyl (C=O) groups excluding carboxylic acids is 3. The first-order chi connectivity index (χ1) is 19.5. The largest absolute Gasteiger partial charge is 0.445 e. The Hall–Kier alpha value is -2.21. The maximum atomic E-state index is 14.2. The van der Waals surface area contributed by atoms with Gasteiger partial charge >= 0.3 is 12.2 Å². The van der Waals surface area contributed by atoms with Crippen LogP contribution >= 0.6 is 0 Å². The van der Waals surface area contributed by atoms with Gasteiger partial charge in [-0.25, -0.2) is 9.59 Å². The van der Waals surface area contributed by atoms with Crippen molar-refractivity contribution in [2.75, 3.05) is 59.2 Å². The average molecular weight is 577 g/mol. The van der Waals surface area contributed by atoms with Crippen molar-refractivity contribution in [1.29, 1.82) is 0 Å². The molecule has 11 heteroatoms. The third-order valence-electron chi connectivity index (χ3n) is 10.7. The highest BCUT2D eigenvalue weighted by atomic mass is 16.6. The number of allylic oxidation sites excluding steroid dienone is 1. The molecule has 3 heterocycles. The molecule has 6 rings (SSSR count). The molecular weight excluding hydrogens is 532 g/mol. The molecule has 0 aromatic carbocycles. The fourth-order valence-electron chi connectivity index (χ4n) is 7.90. The molecule has 1 N–H and O–H groups in total. The summed E-state index contributed by atoms with van der Waals surface area (Å²) >= 11 is 0. The Kier molecular flexibility index (Phi) is 7.40. The Labute approximate surface area is 241 Å². The van der Waals surface area contributed by atoms with E-state index in [2.05, 4.69) is 13.8 Å². The molecule has 3 aliphatic carbocycles. The van der Waals surface area contributed by atoms with Gasteiger partial charge in [0.1, 0.15) is 23.4 Å². The lowest BCUT2D eigenvalue weighted by molar-refractivity contribution is -0.153. The van der Waals surface area contributed by atoms with Crippen LogP contribution in [0, 0.1) is 29.1 Å². The fraction of sp³-hybridized carbons (Fsp3) is 0.833. The summed E-state index contributed by atoms with van der Waals surface area (Å²) in [7, 11) is 0. The van der Waals surface area contributed by atoms with Crippen molar-refractivity contribution in [2.24, 2.45) is 29.1 Å². The van der Waals surface area contributed by atoms with Crippen LogP contribution in [0.4, 0.5) is 9.59 Å². The van der Waals surface area contributed by atoms with Crippen LogP contribution in [0.2, 0.25) is 0 Å². The maximum Gasteiger partial charge on any atom is 0.410 e. The number of epoxide rings is 1. The van der Waals surface area contributed by atoms with E-state index in [1.165, 1.54) is 0 Å². The van der Waals surface area contributed by atoms with Crippen molar-refractivity contribution in [1.82, 2.24) is 9.80 Å². The quantitative estimate of drug-likeness (QED) is 0.493. The first-order valence-corrected chi connectivity index (χ1v) is 15.1. The molecule has 5 fully saturated rings. The molecule has 3 aliphatic heterocycles. The van der Waals surface area contributed by atoms with Crippen LogP contribution in [-0.2, 0) is 28.5 Å². The van der Waals surface area contributed by atoms with Crippen LogP contribution in [-0.4, -0.2) is 115 Å². The predicted octanol–water partition coefficient (Wildman–Crippen LogP) is 2.40. The van der Waals surface area contributed by atoms with Gasteiger partial charge in [-0.1, -0.05) is 26.8 Å². The molecule has 41 heavy (non-hydrogen) atoms. The summed E-state index contributed by atoms with van der Waals surface area (Å²) in [5, 5.41) is 12.4. The van der Waals surface area contributed by atoms with Gasteiger partial charge in [0.15, 0.2) is 5.78 Å². The van der Waals surface area contributed by atoms with Crippen molar-refractivity contribution in [2.45, 2.75) is 70.4 Å². The predicted molar refractivity (Wildman–Crippen MR) is 145 cm³/mol. The molecule has 0 radical (unpaired) electrons. The third kappa shape index (κ3) is 5.06. The van der Waals surface area contributed by atoms with E-state index in [4.69, 9.17) is 23.7 Å². The maximum absolute atomic E-state index is 14.2. The topological polar surface area (TPSA) is 127 Å². The Morgan fingerprint density at radius 1 is 1.00 bits per heavy atom. The second kappa shape index (κ2) is 10.5. The average Bonchev–Trinajstić information content (AvgIpc) is 3.83. The van der Waals surface area contributed by atoms with Gasteiger partial charge < -0.3 is 38.6 Å². The van der Waals surface area contributed by atoms with Gasteiger partial charge in [-0.15, -0.1) is 0 Å². The number of rotatable bonds is 2. The molecule has 8 atom stereocenters. The van der Waals surface area contributed by atoms with Gasteiger partial charge in [-0.05, 0) is 54.9 Å². The summed E-state index contributed by atoms with van der Waals surface area (Å²) < 4.78 is 29.4. The van der Waals surface area contributed by atoms with E-state index in [9.17, 15) is 19.5 Å². The first-order valence-electron chi connectivity index (χ1n) is 15.1. The SMILES string of the molecule is C/C1=C\[C@@H]2[C@H](CC[C@]3(CO3)[C@H](OC(=O)N3CCOCC3)[C@H]3[C@@H](OC(=O)N4CCOCC4)[C@@H](C)C[C@]3(O)C1=O)C2(C)C. The first kappa shape index (κ1) is 28.9. The number of ether oxygens (including phenoxy) is 5. The highest BCUT2D eigenvalue weighted by Gasteiger charge is 2.69. The number of fused-ring (bicyclic) bond motifs is 2. The van der Waals surface area contributed by atoms with E-state index in [1.807, 2.05) is 13.0 Å². The lowest BCUT2D eigenvalue weighted by atomic mass is 9.74. The van der Waals surface area contributed by atoms with Crippen molar-refractivity contribution >= 4 is 18.0 Å². The number of hydrogen-bond acceptors (Lipinski definition) is 9. The minimum atomic E-state index is -1.90. The summed E-state index contributed by atoms with van der Waals surface area (Å²) in [6, 6.07) is 0. The zero-order chi connectivity index (χ0) is 29.2. The Morgan fingerprint density at radius 2 is 1.56 bits per heavy atom. The molecule has 0 aromatic heterocycles. The zero-order valence-electron chi connectivity index (χ0n) is 24.6.